The van der Waals surface area contributed by atoms with Crippen LogP contribution < -0.4 is 10.6 Å². The summed E-state index contributed by atoms with van der Waals surface area (Å²) in [6, 6.07) is 6.25. The van der Waals surface area contributed by atoms with Crippen LogP contribution in [0.4, 0.5) is 19.3 Å². The molecule has 2 N–H and O–H groups in total. The van der Waals surface area contributed by atoms with E-state index in [9.17, 15) is 18.4 Å². The number of nitrogens with zero attached hydrogens (tertiary/aromatic N) is 1. The SMILES string of the molecule is Cl.O=C(OCC1CCCN1)c1ccc(NC(=O)N2C[C@H]3CCC(F)(F)[C@H]3C2)cc1. The molecule has 29 heavy (non-hydrogen) atoms. The van der Waals surface area contributed by atoms with Gasteiger partial charge in [-0.3, -0.25) is 0 Å². The van der Waals surface area contributed by atoms with Gasteiger partial charge in [0.25, 0.3) is 5.92 Å². The lowest BCUT2D eigenvalue weighted by Gasteiger charge is -2.21. The van der Waals surface area contributed by atoms with Crippen LogP contribution >= 0.6 is 12.4 Å². The van der Waals surface area contributed by atoms with Crippen molar-refractivity contribution in [3.05, 3.63) is 29.8 Å². The smallest absolute Gasteiger partial charge is 0.338 e. The monoisotopic (exact) mass is 429 g/mol. The van der Waals surface area contributed by atoms with Gasteiger partial charge in [-0.05, 0) is 56.0 Å². The minimum absolute atomic E-state index is 0. The van der Waals surface area contributed by atoms with Crippen LogP contribution in [0.1, 0.15) is 36.0 Å². The number of benzene rings is 1. The van der Waals surface area contributed by atoms with Gasteiger partial charge < -0.3 is 20.3 Å². The number of hydrogen-bond acceptors (Lipinski definition) is 4. The van der Waals surface area contributed by atoms with E-state index in [0.29, 0.717) is 30.8 Å². The molecule has 0 bridgehead atoms. The molecule has 2 saturated heterocycles. The van der Waals surface area contributed by atoms with Gasteiger partial charge in [0.1, 0.15) is 6.61 Å². The number of nitrogens with one attached hydrogen (secondary N) is 2. The van der Waals surface area contributed by atoms with Gasteiger partial charge in [0, 0.05) is 37.2 Å². The average molecular weight is 430 g/mol. The molecule has 0 spiro atoms. The first-order valence-electron chi connectivity index (χ1n) is 9.87. The zero-order valence-corrected chi connectivity index (χ0v) is 16.9. The van der Waals surface area contributed by atoms with Crippen LogP contribution in [0.3, 0.4) is 0 Å². The molecule has 3 fully saturated rings. The Balaban J connectivity index is 0.00000240. The number of rotatable bonds is 4. The highest BCUT2D eigenvalue weighted by Gasteiger charge is 2.54. The first-order chi connectivity index (χ1) is 13.4. The fourth-order valence-corrected chi connectivity index (χ4v) is 4.42. The molecule has 1 aromatic rings. The van der Waals surface area contributed by atoms with Crippen molar-refractivity contribution in [2.24, 2.45) is 11.8 Å². The van der Waals surface area contributed by atoms with Gasteiger partial charge >= 0.3 is 12.0 Å². The van der Waals surface area contributed by atoms with E-state index in [2.05, 4.69) is 10.6 Å². The van der Waals surface area contributed by atoms with Crippen LogP contribution in [0.2, 0.25) is 0 Å². The minimum Gasteiger partial charge on any atom is -0.460 e. The molecule has 3 aliphatic rings. The summed E-state index contributed by atoms with van der Waals surface area (Å²) >= 11 is 0. The van der Waals surface area contributed by atoms with Crippen molar-refractivity contribution in [3.63, 3.8) is 0 Å². The van der Waals surface area contributed by atoms with Gasteiger partial charge in [0.15, 0.2) is 0 Å². The third-order valence-electron chi connectivity index (χ3n) is 6.07. The molecule has 2 amide bonds. The van der Waals surface area contributed by atoms with Gasteiger partial charge in [-0.2, -0.15) is 0 Å². The Hall–Kier alpha value is -1.93. The Morgan fingerprint density at radius 2 is 1.97 bits per heavy atom. The van der Waals surface area contributed by atoms with Crippen LogP contribution in [0, 0.1) is 11.8 Å². The number of carbonyl (C=O) groups is 2. The molecule has 4 rings (SSSR count). The predicted molar refractivity (Wildman–Crippen MR) is 107 cm³/mol. The molecule has 1 aliphatic carbocycles. The lowest BCUT2D eigenvalue weighted by Crippen LogP contribution is -2.35. The minimum atomic E-state index is -2.67. The molecule has 6 nitrogen and oxygen atoms in total. The zero-order chi connectivity index (χ0) is 19.7. The molecule has 1 aromatic carbocycles. The number of fused-ring (bicyclic) bond motifs is 1. The summed E-state index contributed by atoms with van der Waals surface area (Å²) < 4.78 is 33.0. The number of halogens is 3. The molecule has 2 aliphatic heterocycles. The third-order valence-corrected chi connectivity index (χ3v) is 6.07. The van der Waals surface area contributed by atoms with E-state index in [0.717, 1.165) is 19.4 Å². The number of amides is 2. The van der Waals surface area contributed by atoms with Gasteiger partial charge in [-0.25, -0.2) is 18.4 Å². The summed E-state index contributed by atoms with van der Waals surface area (Å²) in [5, 5.41) is 5.99. The molecule has 1 saturated carbocycles. The van der Waals surface area contributed by atoms with Gasteiger partial charge in [-0.15, -0.1) is 12.4 Å². The van der Waals surface area contributed by atoms with Crippen molar-refractivity contribution < 1.29 is 23.1 Å². The van der Waals surface area contributed by atoms with Crippen molar-refractivity contribution in [2.75, 3.05) is 31.6 Å². The van der Waals surface area contributed by atoms with Crippen molar-refractivity contribution in [3.8, 4) is 0 Å². The van der Waals surface area contributed by atoms with E-state index in [-0.39, 0.29) is 43.4 Å². The standard InChI is InChI=1S/C20H25F2N3O3.ClH/c21-20(22)8-7-14-10-25(11-17(14)20)19(27)24-15-5-3-13(4-6-15)18(26)28-12-16-2-1-9-23-16;/h3-6,14,16-17,23H,1-2,7-12H2,(H,24,27);1H/t14-,16?,17+;/m1./s1. The number of hydrogen-bond donors (Lipinski definition) is 2. The number of ether oxygens (including phenoxy) is 1. The van der Waals surface area contributed by atoms with Gasteiger partial charge in [0.2, 0.25) is 0 Å². The van der Waals surface area contributed by atoms with Crippen molar-refractivity contribution in [1.29, 1.82) is 0 Å². The number of esters is 1. The lowest BCUT2D eigenvalue weighted by molar-refractivity contribution is -0.0383. The Morgan fingerprint density at radius 3 is 2.62 bits per heavy atom. The van der Waals surface area contributed by atoms with Crippen LogP contribution in [0.5, 0.6) is 0 Å². The highest BCUT2D eigenvalue weighted by molar-refractivity contribution is 5.92. The molecular weight excluding hydrogens is 404 g/mol. The van der Waals surface area contributed by atoms with Gasteiger partial charge in [-0.1, -0.05) is 0 Å². The van der Waals surface area contributed by atoms with Crippen molar-refractivity contribution in [2.45, 2.75) is 37.6 Å². The summed E-state index contributed by atoms with van der Waals surface area (Å²) in [7, 11) is 0. The summed E-state index contributed by atoms with van der Waals surface area (Å²) in [6.45, 7) is 1.75. The van der Waals surface area contributed by atoms with E-state index in [1.807, 2.05) is 0 Å². The van der Waals surface area contributed by atoms with Crippen LogP contribution in [0.15, 0.2) is 24.3 Å². The summed E-state index contributed by atoms with van der Waals surface area (Å²) in [6.07, 6.45) is 2.48. The highest BCUT2D eigenvalue weighted by atomic mass is 35.5. The molecular formula is C20H26ClF2N3O3. The first-order valence-corrected chi connectivity index (χ1v) is 9.87. The molecule has 0 aromatic heterocycles. The maximum Gasteiger partial charge on any atom is 0.338 e. The quantitative estimate of drug-likeness (QED) is 0.718. The second-order valence-corrected chi connectivity index (χ2v) is 7.97. The van der Waals surface area contributed by atoms with Crippen LogP contribution in [-0.4, -0.2) is 55.1 Å². The molecule has 160 valence electrons. The van der Waals surface area contributed by atoms with Gasteiger partial charge in [0.05, 0.1) is 5.56 Å². The fraction of sp³-hybridized carbons (Fsp3) is 0.600. The normalized spacial score (nSPS) is 27.2. The summed E-state index contributed by atoms with van der Waals surface area (Å²) in [4.78, 5) is 26.0. The van der Waals surface area contributed by atoms with E-state index in [1.165, 1.54) is 4.90 Å². The van der Waals surface area contributed by atoms with Crippen molar-refractivity contribution >= 4 is 30.1 Å². The van der Waals surface area contributed by atoms with Crippen molar-refractivity contribution in [1.82, 2.24) is 10.2 Å². The molecule has 2 heterocycles. The zero-order valence-electron chi connectivity index (χ0n) is 16.0. The number of carbonyl (C=O) groups excluding carboxylic acids is 2. The maximum atomic E-state index is 13.8. The third kappa shape index (κ3) is 4.80. The van der Waals surface area contributed by atoms with E-state index < -0.39 is 17.8 Å². The average Bonchev–Trinajstić information content (AvgIpc) is 3.39. The molecule has 9 heteroatoms. The summed E-state index contributed by atoms with van der Waals surface area (Å²) in [5.74, 6) is -3.92. The Kier molecular flexibility index (Phi) is 6.63. The Morgan fingerprint density at radius 1 is 1.21 bits per heavy atom. The topological polar surface area (TPSA) is 70.7 Å². The van der Waals surface area contributed by atoms with Crippen LogP contribution in [0.25, 0.3) is 0 Å². The largest absolute Gasteiger partial charge is 0.460 e. The van der Waals surface area contributed by atoms with Crippen LogP contribution in [-0.2, 0) is 4.74 Å². The second-order valence-electron chi connectivity index (χ2n) is 7.97. The van der Waals surface area contributed by atoms with E-state index in [1.54, 1.807) is 24.3 Å². The Labute approximate surface area is 174 Å². The first kappa shape index (κ1) is 21.8. The number of alkyl halides is 2. The lowest BCUT2D eigenvalue weighted by atomic mass is 9.99. The number of likely N-dealkylation sites (tertiary alicyclic amines) is 1. The summed E-state index contributed by atoms with van der Waals surface area (Å²) in [5.41, 5.74) is 0.925. The Bertz CT molecular complexity index is 741. The van der Waals surface area contributed by atoms with E-state index >= 15 is 0 Å². The molecule has 3 atom stereocenters. The number of urea groups is 1. The number of anilines is 1. The molecule has 1 unspecified atom stereocenters. The van der Waals surface area contributed by atoms with E-state index in [4.69, 9.17) is 4.74 Å². The maximum absolute atomic E-state index is 13.8. The fourth-order valence-electron chi connectivity index (χ4n) is 4.42. The predicted octanol–water partition coefficient (Wildman–Crippen LogP) is 3.53. The molecule has 0 radical (unpaired) electrons. The second kappa shape index (κ2) is 8.83. The highest BCUT2D eigenvalue weighted by Crippen LogP contribution is 2.48.